The molecule has 4 nitrogen and oxygen atoms in total. The minimum Gasteiger partial charge on any atom is -0.276 e. The number of hydrogen-bond acceptors (Lipinski definition) is 3. The molecule has 8 heteroatoms. The van der Waals surface area contributed by atoms with Crippen molar-refractivity contribution in [3.05, 3.63) is 100 Å². The monoisotopic (exact) mass is 451 g/mol. The maximum Gasteiger partial charge on any atom is 0.416 e. The number of nitrogens with zero attached hydrogens (tertiary/aromatic N) is 3. The third-order valence-electron chi connectivity index (χ3n) is 5.19. The third-order valence-corrected chi connectivity index (χ3v) is 5.39. The maximum atomic E-state index is 13.3. The highest BCUT2D eigenvalue weighted by atomic mass is 35.5. The highest BCUT2D eigenvalue weighted by Gasteiger charge is 2.30. The number of alkyl halides is 3. The summed E-state index contributed by atoms with van der Waals surface area (Å²) in [5.41, 5.74) is 1.47. The van der Waals surface area contributed by atoms with Crippen molar-refractivity contribution in [1.29, 1.82) is 0 Å². The van der Waals surface area contributed by atoms with Crippen LogP contribution in [0.1, 0.15) is 5.56 Å². The molecule has 3 heterocycles. The Labute approximate surface area is 184 Å². The molecule has 0 saturated carbocycles. The summed E-state index contributed by atoms with van der Waals surface area (Å²) in [4.78, 5) is 21.4. The van der Waals surface area contributed by atoms with Crippen LogP contribution in [-0.2, 0) is 6.18 Å². The molecular formula is C24H13ClF3N3O. The van der Waals surface area contributed by atoms with E-state index < -0.39 is 17.3 Å². The topological polar surface area (TPSA) is 47.8 Å². The Kier molecular flexibility index (Phi) is 4.71. The number of aromatic nitrogens is 3. The SMILES string of the molecule is O=c1ccc2cnc3ccc(-c4cncc(Cl)c4)cc3c2n1-c1cccc(C(F)(F)F)c1. The van der Waals surface area contributed by atoms with Crippen LogP contribution in [0.15, 0.2) is 84.0 Å². The Balaban J connectivity index is 1.85. The lowest BCUT2D eigenvalue weighted by molar-refractivity contribution is -0.137. The summed E-state index contributed by atoms with van der Waals surface area (Å²) in [6, 6.07) is 14.9. The first kappa shape index (κ1) is 20.2. The Morgan fingerprint density at radius 2 is 1.72 bits per heavy atom. The van der Waals surface area contributed by atoms with Crippen molar-refractivity contribution in [1.82, 2.24) is 14.5 Å². The van der Waals surface area contributed by atoms with Crippen LogP contribution in [0.3, 0.4) is 0 Å². The van der Waals surface area contributed by atoms with E-state index in [1.165, 1.54) is 29.0 Å². The first-order valence-corrected chi connectivity index (χ1v) is 9.92. The summed E-state index contributed by atoms with van der Waals surface area (Å²) in [5.74, 6) is 0. The van der Waals surface area contributed by atoms with Gasteiger partial charge in [0, 0.05) is 46.7 Å². The molecule has 2 aromatic carbocycles. The second-order valence-electron chi connectivity index (χ2n) is 7.24. The summed E-state index contributed by atoms with van der Waals surface area (Å²) in [5, 5.41) is 1.71. The van der Waals surface area contributed by atoms with Gasteiger partial charge < -0.3 is 0 Å². The van der Waals surface area contributed by atoms with Gasteiger partial charge >= 0.3 is 6.18 Å². The fraction of sp³-hybridized carbons (Fsp3) is 0.0417. The zero-order chi connectivity index (χ0) is 22.5. The van der Waals surface area contributed by atoms with E-state index in [0.29, 0.717) is 26.8 Å². The van der Waals surface area contributed by atoms with Crippen molar-refractivity contribution < 1.29 is 13.2 Å². The van der Waals surface area contributed by atoms with Gasteiger partial charge in [-0.05, 0) is 48.0 Å². The molecular weight excluding hydrogens is 439 g/mol. The van der Waals surface area contributed by atoms with E-state index in [1.54, 1.807) is 30.6 Å². The van der Waals surface area contributed by atoms with Crippen LogP contribution in [0.5, 0.6) is 0 Å². The van der Waals surface area contributed by atoms with E-state index >= 15 is 0 Å². The average molecular weight is 452 g/mol. The first-order valence-electron chi connectivity index (χ1n) is 9.54. The number of halogens is 4. The van der Waals surface area contributed by atoms with Gasteiger partial charge in [-0.2, -0.15) is 13.2 Å². The van der Waals surface area contributed by atoms with Crippen LogP contribution < -0.4 is 5.56 Å². The summed E-state index contributed by atoms with van der Waals surface area (Å²) >= 11 is 6.07. The molecule has 0 atom stereocenters. The minimum atomic E-state index is -4.53. The molecule has 0 saturated heterocycles. The quantitative estimate of drug-likeness (QED) is 0.297. The van der Waals surface area contributed by atoms with Gasteiger partial charge in [-0.25, -0.2) is 0 Å². The average Bonchev–Trinajstić information content (AvgIpc) is 2.78. The highest BCUT2D eigenvalue weighted by molar-refractivity contribution is 6.30. The molecule has 0 aliphatic carbocycles. The Morgan fingerprint density at radius 3 is 2.50 bits per heavy atom. The summed E-state index contributed by atoms with van der Waals surface area (Å²) < 4.78 is 41.2. The van der Waals surface area contributed by atoms with Gasteiger partial charge in [-0.1, -0.05) is 23.7 Å². The van der Waals surface area contributed by atoms with Crippen LogP contribution in [-0.4, -0.2) is 14.5 Å². The van der Waals surface area contributed by atoms with E-state index in [0.717, 1.165) is 23.3 Å². The van der Waals surface area contributed by atoms with E-state index in [2.05, 4.69) is 9.97 Å². The molecule has 0 amide bonds. The van der Waals surface area contributed by atoms with Crippen LogP contribution in [0.2, 0.25) is 5.02 Å². The minimum absolute atomic E-state index is 0.123. The van der Waals surface area contributed by atoms with E-state index in [1.807, 2.05) is 12.1 Å². The molecule has 32 heavy (non-hydrogen) atoms. The lowest BCUT2D eigenvalue weighted by atomic mass is 10.0. The fourth-order valence-electron chi connectivity index (χ4n) is 3.74. The summed E-state index contributed by atoms with van der Waals surface area (Å²) in [6.07, 6.45) is 0.252. The lowest BCUT2D eigenvalue weighted by Gasteiger charge is -2.15. The van der Waals surface area contributed by atoms with Crippen LogP contribution in [0, 0.1) is 0 Å². The number of benzene rings is 2. The molecule has 0 N–H and O–H groups in total. The van der Waals surface area contributed by atoms with Crippen molar-refractivity contribution in [2.45, 2.75) is 6.18 Å². The van der Waals surface area contributed by atoms with Gasteiger partial charge in [0.25, 0.3) is 5.56 Å². The Morgan fingerprint density at radius 1 is 0.875 bits per heavy atom. The Bertz CT molecular complexity index is 1560. The molecule has 0 radical (unpaired) electrons. The normalized spacial score (nSPS) is 11.9. The number of fused-ring (bicyclic) bond motifs is 3. The predicted octanol–water partition coefficient (Wildman–Crippen LogP) is 6.27. The second-order valence-corrected chi connectivity index (χ2v) is 7.68. The number of hydrogen-bond donors (Lipinski definition) is 0. The van der Waals surface area contributed by atoms with Crippen molar-refractivity contribution in [2.75, 3.05) is 0 Å². The smallest absolute Gasteiger partial charge is 0.276 e. The van der Waals surface area contributed by atoms with Crippen LogP contribution in [0.4, 0.5) is 13.2 Å². The molecule has 0 fully saturated rings. The molecule has 5 aromatic rings. The van der Waals surface area contributed by atoms with Gasteiger partial charge in [0.15, 0.2) is 0 Å². The molecule has 0 aliphatic rings. The van der Waals surface area contributed by atoms with Gasteiger partial charge in [0.05, 0.1) is 21.6 Å². The van der Waals surface area contributed by atoms with Gasteiger partial charge in [0.1, 0.15) is 0 Å². The van der Waals surface area contributed by atoms with Crippen molar-refractivity contribution >= 4 is 33.4 Å². The standard InChI is InChI=1S/C24H13ClF3N3O/c25-18-8-16(11-29-13-18)14-4-6-21-20(9-14)23-15(12-30-21)5-7-22(32)31(23)19-3-1-2-17(10-19)24(26,27)28/h1-13H. The molecule has 0 aliphatic heterocycles. The predicted molar refractivity (Wildman–Crippen MR) is 118 cm³/mol. The maximum absolute atomic E-state index is 13.3. The molecule has 158 valence electrons. The second kappa shape index (κ2) is 7.46. The molecule has 0 unspecified atom stereocenters. The van der Waals surface area contributed by atoms with E-state index in [4.69, 9.17) is 11.6 Å². The summed E-state index contributed by atoms with van der Waals surface area (Å²) in [6.45, 7) is 0. The molecule has 0 bridgehead atoms. The molecule has 5 rings (SSSR count). The first-order chi connectivity index (χ1) is 15.3. The van der Waals surface area contributed by atoms with Crippen molar-refractivity contribution in [3.8, 4) is 16.8 Å². The van der Waals surface area contributed by atoms with Crippen LogP contribution in [0.25, 0.3) is 38.6 Å². The summed E-state index contributed by atoms with van der Waals surface area (Å²) in [7, 11) is 0. The van der Waals surface area contributed by atoms with E-state index in [9.17, 15) is 18.0 Å². The van der Waals surface area contributed by atoms with Gasteiger partial charge in [-0.3, -0.25) is 19.3 Å². The lowest BCUT2D eigenvalue weighted by Crippen LogP contribution is -2.18. The number of rotatable bonds is 2. The van der Waals surface area contributed by atoms with Crippen LogP contribution >= 0.6 is 11.6 Å². The van der Waals surface area contributed by atoms with Crippen molar-refractivity contribution in [2.24, 2.45) is 0 Å². The molecule has 0 spiro atoms. The zero-order valence-corrected chi connectivity index (χ0v) is 17.0. The highest BCUT2D eigenvalue weighted by Crippen LogP contribution is 2.33. The van der Waals surface area contributed by atoms with E-state index in [-0.39, 0.29) is 5.69 Å². The Hall–Kier alpha value is -3.71. The molecule has 3 aromatic heterocycles. The van der Waals surface area contributed by atoms with Gasteiger partial charge in [0.2, 0.25) is 0 Å². The number of pyridine rings is 3. The zero-order valence-electron chi connectivity index (χ0n) is 16.3. The fourth-order valence-corrected chi connectivity index (χ4v) is 3.91. The largest absolute Gasteiger partial charge is 0.416 e. The third kappa shape index (κ3) is 3.50. The van der Waals surface area contributed by atoms with Gasteiger partial charge in [-0.15, -0.1) is 0 Å². The van der Waals surface area contributed by atoms with Crippen molar-refractivity contribution in [3.63, 3.8) is 0 Å².